The maximum absolute atomic E-state index is 11.5. The van der Waals surface area contributed by atoms with E-state index in [-0.39, 0.29) is 11.6 Å². The molecule has 0 aromatic carbocycles. The van der Waals surface area contributed by atoms with Crippen LogP contribution in [0.25, 0.3) is 0 Å². The Morgan fingerprint density at radius 3 is 2.62 bits per heavy atom. The van der Waals surface area contributed by atoms with Crippen molar-refractivity contribution in [3.05, 3.63) is 10.6 Å². The predicted octanol–water partition coefficient (Wildman–Crippen LogP) is 3.93. The van der Waals surface area contributed by atoms with E-state index in [1.807, 2.05) is 0 Å². The third-order valence-electron chi connectivity index (χ3n) is 3.63. The van der Waals surface area contributed by atoms with Crippen LogP contribution in [-0.2, 0) is 9.53 Å². The van der Waals surface area contributed by atoms with E-state index in [4.69, 9.17) is 16.3 Å². The molecule has 0 radical (unpaired) electrons. The van der Waals surface area contributed by atoms with Crippen molar-refractivity contribution in [2.75, 3.05) is 0 Å². The fourth-order valence-corrected chi connectivity index (χ4v) is 3.09. The molecule has 2 rings (SSSR count). The number of carbonyl (C=O) groups excluding carboxylic acids is 1. The summed E-state index contributed by atoms with van der Waals surface area (Å²) in [7, 11) is 0. The minimum Gasteiger partial charge on any atom is -0.450 e. The zero-order chi connectivity index (χ0) is 11.6. The van der Waals surface area contributed by atoms with Gasteiger partial charge in [-0.1, -0.05) is 31.4 Å². The third-order valence-corrected chi connectivity index (χ3v) is 4.01. The van der Waals surface area contributed by atoms with Gasteiger partial charge in [0.2, 0.25) is 0 Å². The molecule has 3 heteroatoms. The fourth-order valence-electron chi connectivity index (χ4n) is 2.71. The Morgan fingerprint density at radius 2 is 2.06 bits per heavy atom. The van der Waals surface area contributed by atoms with Crippen molar-refractivity contribution in [2.45, 2.75) is 63.9 Å². The van der Waals surface area contributed by atoms with Gasteiger partial charge in [0.25, 0.3) is 0 Å². The second kappa shape index (κ2) is 4.79. The number of ether oxygens (including phenoxy) is 1. The SMILES string of the molecule is CCCC/C(Cl)=C1\C(=O)OC12CCCCC2. The van der Waals surface area contributed by atoms with E-state index in [2.05, 4.69) is 6.92 Å². The van der Waals surface area contributed by atoms with E-state index < -0.39 is 0 Å². The van der Waals surface area contributed by atoms with Crippen molar-refractivity contribution in [3.8, 4) is 0 Å². The summed E-state index contributed by atoms with van der Waals surface area (Å²) in [5, 5.41) is 0.750. The normalized spacial score (nSPS) is 26.2. The lowest BCUT2D eigenvalue weighted by Gasteiger charge is -2.46. The van der Waals surface area contributed by atoms with Gasteiger partial charge in [-0.2, -0.15) is 0 Å². The average molecular weight is 243 g/mol. The summed E-state index contributed by atoms with van der Waals surface area (Å²) in [5.74, 6) is -0.178. The summed E-state index contributed by atoms with van der Waals surface area (Å²) in [5.41, 5.74) is 0.502. The standard InChI is InChI=1S/C13H19ClO2/c1-2-3-7-10(14)11-12(15)16-13(11)8-5-4-6-9-13/h2-9H2,1H3/b11-10-. The summed E-state index contributed by atoms with van der Waals surface area (Å²) in [4.78, 5) is 11.5. The van der Waals surface area contributed by atoms with E-state index in [0.717, 1.165) is 55.6 Å². The molecule has 0 N–H and O–H groups in total. The van der Waals surface area contributed by atoms with Crippen LogP contribution in [0.3, 0.4) is 0 Å². The largest absolute Gasteiger partial charge is 0.450 e. The van der Waals surface area contributed by atoms with Crippen LogP contribution in [0.2, 0.25) is 0 Å². The summed E-state index contributed by atoms with van der Waals surface area (Å²) in [6.45, 7) is 2.13. The zero-order valence-electron chi connectivity index (χ0n) is 9.85. The third kappa shape index (κ3) is 2.00. The molecular formula is C13H19ClO2. The minimum atomic E-state index is -0.292. The van der Waals surface area contributed by atoms with Gasteiger partial charge >= 0.3 is 5.97 Å². The molecule has 2 aliphatic rings. The molecule has 0 atom stereocenters. The van der Waals surface area contributed by atoms with E-state index in [1.165, 1.54) is 6.42 Å². The number of unbranched alkanes of at least 4 members (excludes halogenated alkanes) is 1. The quantitative estimate of drug-likeness (QED) is 0.554. The van der Waals surface area contributed by atoms with Crippen LogP contribution in [0.15, 0.2) is 10.6 Å². The highest BCUT2D eigenvalue weighted by atomic mass is 35.5. The number of esters is 1. The summed E-state index contributed by atoms with van der Waals surface area (Å²) in [6.07, 6.45) is 8.46. The molecule has 1 heterocycles. The van der Waals surface area contributed by atoms with E-state index in [0.29, 0.717) is 0 Å². The van der Waals surface area contributed by atoms with Crippen molar-refractivity contribution >= 4 is 17.6 Å². The van der Waals surface area contributed by atoms with Crippen LogP contribution in [-0.4, -0.2) is 11.6 Å². The molecule has 0 aromatic rings. The maximum Gasteiger partial charge on any atom is 0.340 e. The van der Waals surface area contributed by atoms with Crippen LogP contribution in [0, 0.1) is 0 Å². The van der Waals surface area contributed by atoms with Crippen LogP contribution < -0.4 is 0 Å². The lowest BCUT2D eigenvalue weighted by Crippen LogP contribution is -2.52. The number of hydrogen-bond acceptors (Lipinski definition) is 2. The first kappa shape index (κ1) is 12.0. The molecule has 0 amide bonds. The molecule has 0 aromatic heterocycles. The van der Waals surface area contributed by atoms with Gasteiger partial charge in [0, 0.05) is 5.03 Å². The molecule has 1 aliphatic carbocycles. The van der Waals surface area contributed by atoms with Crippen LogP contribution in [0.5, 0.6) is 0 Å². The minimum absolute atomic E-state index is 0.178. The van der Waals surface area contributed by atoms with Crippen molar-refractivity contribution in [1.29, 1.82) is 0 Å². The van der Waals surface area contributed by atoms with Gasteiger partial charge in [-0.3, -0.25) is 0 Å². The smallest absolute Gasteiger partial charge is 0.340 e. The van der Waals surface area contributed by atoms with Crippen LogP contribution in [0.4, 0.5) is 0 Å². The van der Waals surface area contributed by atoms with Gasteiger partial charge in [0.15, 0.2) is 0 Å². The van der Waals surface area contributed by atoms with E-state index in [9.17, 15) is 4.79 Å². The highest BCUT2D eigenvalue weighted by Gasteiger charge is 2.53. The Balaban J connectivity index is 2.13. The lowest BCUT2D eigenvalue weighted by molar-refractivity contribution is -0.176. The number of hydrogen-bond donors (Lipinski definition) is 0. The first-order chi connectivity index (χ1) is 7.69. The summed E-state index contributed by atoms with van der Waals surface area (Å²) in [6, 6.07) is 0. The Kier molecular flexibility index (Phi) is 3.58. The molecule has 1 saturated carbocycles. The van der Waals surface area contributed by atoms with Gasteiger partial charge in [0.05, 0.1) is 5.57 Å². The molecular weight excluding hydrogens is 224 g/mol. The molecule has 16 heavy (non-hydrogen) atoms. The van der Waals surface area contributed by atoms with Crippen LogP contribution in [0.1, 0.15) is 58.3 Å². The van der Waals surface area contributed by atoms with Gasteiger partial charge in [-0.15, -0.1) is 0 Å². The Morgan fingerprint density at radius 1 is 1.38 bits per heavy atom. The molecule has 2 nitrogen and oxygen atoms in total. The Hall–Kier alpha value is -0.500. The second-order valence-electron chi connectivity index (χ2n) is 4.83. The van der Waals surface area contributed by atoms with Crippen molar-refractivity contribution < 1.29 is 9.53 Å². The van der Waals surface area contributed by atoms with Gasteiger partial charge in [0.1, 0.15) is 5.60 Å². The number of rotatable bonds is 3. The first-order valence-corrected chi connectivity index (χ1v) is 6.70. The fraction of sp³-hybridized carbons (Fsp3) is 0.769. The van der Waals surface area contributed by atoms with Gasteiger partial charge in [-0.25, -0.2) is 4.79 Å². The predicted molar refractivity (Wildman–Crippen MR) is 64.3 cm³/mol. The molecule has 0 bridgehead atoms. The Labute approximate surface area is 102 Å². The van der Waals surface area contributed by atoms with Gasteiger partial charge in [-0.05, 0) is 38.5 Å². The van der Waals surface area contributed by atoms with Crippen molar-refractivity contribution in [2.24, 2.45) is 0 Å². The van der Waals surface area contributed by atoms with Crippen LogP contribution >= 0.6 is 11.6 Å². The monoisotopic (exact) mass is 242 g/mol. The molecule has 0 unspecified atom stereocenters. The molecule has 90 valence electrons. The number of allylic oxidation sites excluding steroid dienone is 1. The number of carbonyl (C=O) groups is 1. The highest BCUT2D eigenvalue weighted by molar-refractivity contribution is 6.32. The summed E-state index contributed by atoms with van der Waals surface area (Å²) < 4.78 is 5.40. The highest BCUT2D eigenvalue weighted by Crippen LogP contribution is 2.47. The maximum atomic E-state index is 11.5. The molecule has 2 fully saturated rings. The number of halogens is 1. The van der Waals surface area contributed by atoms with E-state index in [1.54, 1.807) is 0 Å². The van der Waals surface area contributed by atoms with Crippen molar-refractivity contribution in [3.63, 3.8) is 0 Å². The molecule has 1 saturated heterocycles. The lowest BCUT2D eigenvalue weighted by atomic mass is 9.75. The zero-order valence-corrected chi connectivity index (χ0v) is 10.6. The summed E-state index contributed by atoms with van der Waals surface area (Å²) >= 11 is 6.26. The molecule has 1 spiro atoms. The Bertz CT molecular complexity index is 314. The first-order valence-electron chi connectivity index (χ1n) is 6.32. The topological polar surface area (TPSA) is 26.3 Å². The molecule has 1 aliphatic heterocycles. The van der Waals surface area contributed by atoms with Crippen molar-refractivity contribution in [1.82, 2.24) is 0 Å². The average Bonchev–Trinajstić information content (AvgIpc) is 2.27. The second-order valence-corrected chi connectivity index (χ2v) is 5.28. The van der Waals surface area contributed by atoms with E-state index >= 15 is 0 Å². The van der Waals surface area contributed by atoms with Gasteiger partial charge < -0.3 is 4.74 Å².